The van der Waals surface area contributed by atoms with Crippen molar-refractivity contribution in [2.45, 2.75) is 45.2 Å². The van der Waals surface area contributed by atoms with E-state index in [1.807, 2.05) is 13.8 Å². The highest BCUT2D eigenvalue weighted by Crippen LogP contribution is 2.21. The molecule has 0 spiro atoms. The largest absolute Gasteiger partial charge is 0.381 e. The maximum atomic E-state index is 12.6. The molecule has 20 heavy (non-hydrogen) atoms. The second kappa shape index (κ2) is 6.87. The van der Waals surface area contributed by atoms with Crippen LogP contribution in [0, 0.1) is 5.92 Å². The molecule has 2 aliphatic heterocycles. The zero-order chi connectivity index (χ0) is 14.6. The zero-order valence-corrected chi connectivity index (χ0v) is 13.1. The molecule has 0 bridgehead atoms. The normalized spacial score (nSPS) is 24.4. The number of amides is 1. The first-order valence-corrected chi connectivity index (χ1v) is 7.86. The van der Waals surface area contributed by atoms with Gasteiger partial charge in [-0.3, -0.25) is 9.69 Å². The second-order valence-corrected chi connectivity index (χ2v) is 6.51. The van der Waals surface area contributed by atoms with Gasteiger partial charge in [-0.15, -0.1) is 0 Å². The lowest BCUT2D eigenvalue weighted by atomic mass is 9.91. The van der Waals surface area contributed by atoms with Gasteiger partial charge in [0.1, 0.15) is 0 Å². The molecular formula is C15H29N3O2. The zero-order valence-electron chi connectivity index (χ0n) is 13.1. The highest BCUT2D eigenvalue weighted by molar-refractivity contribution is 5.85. The minimum absolute atomic E-state index is 0.151. The molecule has 0 aromatic rings. The first-order chi connectivity index (χ1) is 9.51. The number of hydrogen-bond donors (Lipinski definition) is 2. The predicted molar refractivity (Wildman–Crippen MR) is 79.7 cm³/mol. The molecular weight excluding hydrogens is 254 g/mol. The van der Waals surface area contributed by atoms with Crippen molar-refractivity contribution in [1.82, 2.24) is 15.5 Å². The standard InChI is InChI=1S/C15H29N3O2/c1-12(13-4-10-20-11-5-13)17-14(19)15(2,3)18-8-6-16-7-9-18/h12-13,16H,4-11H2,1-3H3,(H,17,19). The Bertz CT molecular complexity index is 321. The number of rotatable bonds is 4. The van der Waals surface area contributed by atoms with Crippen LogP contribution in [0.25, 0.3) is 0 Å². The van der Waals surface area contributed by atoms with Gasteiger partial charge in [-0.25, -0.2) is 0 Å². The Morgan fingerprint density at radius 1 is 1.30 bits per heavy atom. The molecule has 0 aliphatic carbocycles. The van der Waals surface area contributed by atoms with E-state index in [0.29, 0.717) is 5.92 Å². The molecule has 2 aliphatic rings. The number of nitrogens with zero attached hydrogens (tertiary/aromatic N) is 1. The highest BCUT2D eigenvalue weighted by Gasteiger charge is 2.36. The number of carbonyl (C=O) groups excluding carboxylic acids is 1. The van der Waals surface area contributed by atoms with Gasteiger partial charge in [-0.1, -0.05) is 0 Å². The van der Waals surface area contributed by atoms with Gasteiger partial charge in [-0.05, 0) is 39.5 Å². The van der Waals surface area contributed by atoms with Gasteiger partial charge < -0.3 is 15.4 Å². The van der Waals surface area contributed by atoms with E-state index in [2.05, 4.69) is 22.5 Å². The molecule has 2 rings (SSSR count). The van der Waals surface area contributed by atoms with Crippen LogP contribution in [0.2, 0.25) is 0 Å². The van der Waals surface area contributed by atoms with Crippen LogP contribution in [0.5, 0.6) is 0 Å². The van der Waals surface area contributed by atoms with E-state index < -0.39 is 5.54 Å². The minimum atomic E-state index is -0.429. The summed E-state index contributed by atoms with van der Waals surface area (Å²) in [6.07, 6.45) is 2.10. The van der Waals surface area contributed by atoms with E-state index in [-0.39, 0.29) is 11.9 Å². The topological polar surface area (TPSA) is 53.6 Å². The molecule has 0 aromatic carbocycles. The summed E-state index contributed by atoms with van der Waals surface area (Å²) in [4.78, 5) is 14.9. The highest BCUT2D eigenvalue weighted by atomic mass is 16.5. The summed E-state index contributed by atoms with van der Waals surface area (Å²) < 4.78 is 5.39. The summed E-state index contributed by atoms with van der Waals surface area (Å²) in [5.74, 6) is 0.699. The maximum Gasteiger partial charge on any atom is 0.240 e. The summed E-state index contributed by atoms with van der Waals surface area (Å²) in [7, 11) is 0. The van der Waals surface area contributed by atoms with Crippen molar-refractivity contribution in [2.24, 2.45) is 5.92 Å². The fourth-order valence-electron chi connectivity index (χ4n) is 3.08. The summed E-state index contributed by atoms with van der Waals surface area (Å²) >= 11 is 0. The van der Waals surface area contributed by atoms with Gasteiger partial charge >= 0.3 is 0 Å². The van der Waals surface area contributed by atoms with Crippen LogP contribution >= 0.6 is 0 Å². The molecule has 0 radical (unpaired) electrons. The van der Waals surface area contributed by atoms with Crippen molar-refractivity contribution in [1.29, 1.82) is 0 Å². The first-order valence-electron chi connectivity index (χ1n) is 7.86. The van der Waals surface area contributed by atoms with Gasteiger partial charge in [0.15, 0.2) is 0 Å². The molecule has 5 nitrogen and oxygen atoms in total. The molecule has 2 fully saturated rings. The fraction of sp³-hybridized carbons (Fsp3) is 0.933. The Kier molecular flexibility index (Phi) is 5.41. The average Bonchev–Trinajstić information content (AvgIpc) is 2.49. The SMILES string of the molecule is CC(NC(=O)C(C)(C)N1CCNCC1)C1CCOCC1. The number of piperazine rings is 1. The van der Waals surface area contributed by atoms with Crippen molar-refractivity contribution >= 4 is 5.91 Å². The van der Waals surface area contributed by atoms with Crippen LogP contribution in [0.3, 0.4) is 0 Å². The van der Waals surface area contributed by atoms with Crippen LogP contribution in [-0.4, -0.2) is 61.8 Å². The van der Waals surface area contributed by atoms with Crippen LogP contribution in [-0.2, 0) is 9.53 Å². The van der Waals surface area contributed by atoms with Gasteiger partial charge in [0.2, 0.25) is 5.91 Å². The van der Waals surface area contributed by atoms with E-state index >= 15 is 0 Å². The number of carbonyl (C=O) groups is 1. The van der Waals surface area contributed by atoms with E-state index in [1.165, 1.54) is 0 Å². The second-order valence-electron chi connectivity index (χ2n) is 6.51. The van der Waals surface area contributed by atoms with Crippen LogP contribution in [0.15, 0.2) is 0 Å². The summed E-state index contributed by atoms with van der Waals surface area (Å²) in [5.41, 5.74) is -0.429. The number of hydrogen-bond acceptors (Lipinski definition) is 4. The molecule has 2 N–H and O–H groups in total. The summed E-state index contributed by atoms with van der Waals surface area (Å²) in [5, 5.41) is 6.56. The molecule has 5 heteroatoms. The molecule has 0 aromatic heterocycles. The van der Waals surface area contributed by atoms with Gasteiger partial charge in [-0.2, -0.15) is 0 Å². The molecule has 1 atom stereocenters. The van der Waals surface area contributed by atoms with E-state index in [4.69, 9.17) is 4.74 Å². The molecule has 2 heterocycles. The Morgan fingerprint density at radius 2 is 1.90 bits per heavy atom. The van der Waals surface area contributed by atoms with Crippen molar-refractivity contribution in [3.05, 3.63) is 0 Å². The third kappa shape index (κ3) is 3.71. The average molecular weight is 283 g/mol. The van der Waals surface area contributed by atoms with Crippen molar-refractivity contribution in [2.75, 3.05) is 39.4 Å². The molecule has 1 amide bonds. The van der Waals surface area contributed by atoms with E-state index in [9.17, 15) is 4.79 Å². The Hall–Kier alpha value is -0.650. The minimum Gasteiger partial charge on any atom is -0.381 e. The number of ether oxygens (including phenoxy) is 1. The lowest BCUT2D eigenvalue weighted by molar-refractivity contribution is -0.133. The van der Waals surface area contributed by atoms with E-state index in [1.54, 1.807) is 0 Å². The Labute approximate surface area is 122 Å². The molecule has 1 unspecified atom stereocenters. The van der Waals surface area contributed by atoms with Gasteiger partial charge in [0, 0.05) is 45.4 Å². The molecule has 0 saturated carbocycles. The maximum absolute atomic E-state index is 12.6. The predicted octanol–water partition coefficient (Wildman–Crippen LogP) is 0.602. The van der Waals surface area contributed by atoms with Crippen molar-refractivity contribution in [3.63, 3.8) is 0 Å². The molecule has 116 valence electrons. The van der Waals surface area contributed by atoms with Crippen LogP contribution in [0.1, 0.15) is 33.6 Å². The first kappa shape index (κ1) is 15.7. The third-order valence-corrected chi connectivity index (χ3v) is 4.80. The van der Waals surface area contributed by atoms with Gasteiger partial charge in [0.05, 0.1) is 5.54 Å². The fourth-order valence-corrected chi connectivity index (χ4v) is 3.08. The quantitative estimate of drug-likeness (QED) is 0.793. The van der Waals surface area contributed by atoms with E-state index in [0.717, 1.165) is 52.2 Å². The monoisotopic (exact) mass is 283 g/mol. The number of nitrogens with one attached hydrogen (secondary N) is 2. The lowest BCUT2D eigenvalue weighted by Gasteiger charge is -2.41. The van der Waals surface area contributed by atoms with Crippen molar-refractivity contribution < 1.29 is 9.53 Å². The Morgan fingerprint density at radius 3 is 2.50 bits per heavy atom. The van der Waals surface area contributed by atoms with Crippen molar-refractivity contribution in [3.8, 4) is 0 Å². The van der Waals surface area contributed by atoms with Gasteiger partial charge in [0.25, 0.3) is 0 Å². The molecule has 2 saturated heterocycles. The Balaban J connectivity index is 1.88. The lowest BCUT2D eigenvalue weighted by Crippen LogP contribution is -2.61. The van der Waals surface area contributed by atoms with Crippen LogP contribution < -0.4 is 10.6 Å². The third-order valence-electron chi connectivity index (χ3n) is 4.80. The summed E-state index contributed by atoms with van der Waals surface area (Å²) in [6.45, 7) is 11.6. The van der Waals surface area contributed by atoms with Crippen LogP contribution in [0.4, 0.5) is 0 Å². The summed E-state index contributed by atoms with van der Waals surface area (Å²) in [6, 6.07) is 0.230. The smallest absolute Gasteiger partial charge is 0.240 e.